The van der Waals surface area contributed by atoms with Crippen molar-refractivity contribution in [3.8, 4) is 0 Å². The van der Waals surface area contributed by atoms with Gasteiger partial charge in [0, 0.05) is 18.5 Å². The SMILES string of the molecule is CSC(=NC(=O)c1cn([C@H]2O[C@H](COC(C)=O)[C@H]3OC(C)(C)O[C@H]32)c2ccccc12)SC. The fourth-order valence-corrected chi connectivity index (χ4v) is 5.14. The van der Waals surface area contributed by atoms with E-state index < -0.39 is 30.3 Å². The summed E-state index contributed by atoms with van der Waals surface area (Å²) in [5.74, 6) is -1.50. The molecule has 0 radical (unpaired) electrons. The van der Waals surface area contributed by atoms with Crippen LogP contribution < -0.4 is 0 Å². The third-order valence-corrected chi connectivity index (χ3v) is 7.24. The largest absolute Gasteiger partial charge is 0.463 e. The average molecular weight is 479 g/mol. The second-order valence-corrected chi connectivity index (χ2v) is 9.84. The zero-order valence-corrected chi connectivity index (χ0v) is 20.2. The number of rotatable bonds is 4. The number of esters is 1. The van der Waals surface area contributed by atoms with Gasteiger partial charge in [0.2, 0.25) is 0 Å². The van der Waals surface area contributed by atoms with E-state index in [0.717, 1.165) is 10.9 Å². The molecule has 1 aromatic carbocycles. The highest BCUT2D eigenvalue weighted by Crippen LogP contribution is 2.44. The van der Waals surface area contributed by atoms with E-state index in [2.05, 4.69) is 4.99 Å². The van der Waals surface area contributed by atoms with Gasteiger partial charge in [-0.2, -0.15) is 4.99 Å². The first kappa shape index (κ1) is 23.3. The van der Waals surface area contributed by atoms with Gasteiger partial charge in [-0.25, -0.2) is 0 Å². The maximum Gasteiger partial charge on any atom is 0.302 e. The third kappa shape index (κ3) is 4.47. The van der Waals surface area contributed by atoms with E-state index in [0.29, 0.717) is 9.94 Å². The molecule has 10 heteroatoms. The molecule has 2 aliphatic heterocycles. The van der Waals surface area contributed by atoms with Gasteiger partial charge in [-0.1, -0.05) is 18.2 Å². The minimum absolute atomic E-state index is 0.0620. The monoisotopic (exact) mass is 478 g/mol. The summed E-state index contributed by atoms with van der Waals surface area (Å²) in [7, 11) is 0. The number of aliphatic imine (C=N–C) groups is 1. The molecule has 8 nitrogen and oxygen atoms in total. The highest BCUT2D eigenvalue weighted by Gasteiger charge is 2.56. The van der Waals surface area contributed by atoms with Crippen LogP contribution in [0, 0.1) is 0 Å². The molecule has 2 fully saturated rings. The second-order valence-electron chi connectivity index (χ2n) is 7.99. The first-order valence-electron chi connectivity index (χ1n) is 10.2. The normalized spacial score (nSPS) is 26.2. The van der Waals surface area contributed by atoms with Crippen molar-refractivity contribution in [2.45, 2.75) is 51.1 Å². The summed E-state index contributed by atoms with van der Waals surface area (Å²) in [5, 5.41) is 0.782. The number of thioether (sulfide) groups is 2. The molecule has 2 aliphatic rings. The Balaban J connectivity index is 1.73. The quantitative estimate of drug-likeness (QED) is 0.372. The molecule has 1 amide bonds. The van der Waals surface area contributed by atoms with Gasteiger partial charge in [-0.05, 0) is 32.4 Å². The van der Waals surface area contributed by atoms with Crippen molar-refractivity contribution in [1.82, 2.24) is 4.57 Å². The number of hydrogen-bond acceptors (Lipinski definition) is 8. The summed E-state index contributed by atoms with van der Waals surface area (Å²) in [6.07, 6.45) is 3.65. The van der Waals surface area contributed by atoms with Crippen LogP contribution in [0.5, 0.6) is 0 Å². The Bertz CT molecular complexity index is 1060. The smallest absolute Gasteiger partial charge is 0.302 e. The Hall–Kier alpha value is -1.85. The Kier molecular flexibility index (Phi) is 6.69. The maximum atomic E-state index is 13.0. The molecular weight excluding hydrogens is 452 g/mol. The maximum absolute atomic E-state index is 13.0. The van der Waals surface area contributed by atoms with E-state index in [-0.39, 0.29) is 18.5 Å². The van der Waals surface area contributed by atoms with Gasteiger partial charge in [0.05, 0.1) is 11.1 Å². The van der Waals surface area contributed by atoms with Crippen LogP contribution in [0.15, 0.2) is 35.5 Å². The molecule has 0 spiro atoms. The Morgan fingerprint density at radius 3 is 2.53 bits per heavy atom. The lowest BCUT2D eigenvalue weighted by Crippen LogP contribution is -2.33. The topological polar surface area (TPSA) is 88.4 Å². The van der Waals surface area contributed by atoms with Crippen LogP contribution in [-0.2, 0) is 23.7 Å². The van der Waals surface area contributed by atoms with Crippen molar-refractivity contribution >= 4 is 50.7 Å². The Labute approximate surface area is 195 Å². The van der Waals surface area contributed by atoms with E-state index in [9.17, 15) is 9.59 Å². The fraction of sp³-hybridized carbons (Fsp3) is 0.500. The van der Waals surface area contributed by atoms with Gasteiger partial charge < -0.3 is 23.5 Å². The molecule has 0 bridgehead atoms. The molecule has 172 valence electrons. The first-order chi connectivity index (χ1) is 15.2. The van der Waals surface area contributed by atoms with Crippen LogP contribution in [-0.4, -0.2) is 64.0 Å². The molecule has 2 saturated heterocycles. The van der Waals surface area contributed by atoms with E-state index in [1.807, 2.05) is 55.2 Å². The van der Waals surface area contributed by atoms with Crippen LogP contribution in [0.4, 0.5) is 0 Å². The Morgan fingerprint density at radius 1 is 1.16 bits per heavy atom. The standard InChI is InChI=1S/C22H26N2O6S2/c1-12(25)27-11-16-17-18(30-22(2,3)29-17)20(28-16)24-10-14(13-8-6-7-9-15(13)24)19(26)23-21(31-4)32-5/h6-10,16-18,20H,11H2,1-5H3/t16-,17-,18-,20+/m1/s1. The molecule has 0 aliphatic carbocycles. The highest BCUT2D eigenvalue weighted by molar-refractivity contribution is 8.38. The fourth-order valence-electron chi connectivity index (χ4n) is 4.12. The molecule has 0 saturated carbocycles. The molecular formula is C22H26N2O6S2. The van der Waals surface area contributed by atoms with Crippen molar-refractivity contribution in [2.75, 3.05) is 19.1 Å². The summed E-state index contributed by atoms with van der Waals surface area (Å²) in [6.45, 7) is 5.10. The van der Waals surface area contributed by atoms with Crippen molar-refractivity contribution in [3.05, 3.63) is 36.0 Å². The number of carbonyl (C=O) groups is 2. The third-order valence-electron chi connectivity index (χ3n) is 5.36. The van der Waals surface area contributed by atoms with Gasteiger partial charge in [0.1, 0.15) is 29.3 Å². The van der Waals surface area contributed by atoms with Gasteiger partial charge in [-0.15, -0.1) is 23.5 Å². The lowest BCUT2D eigenvalue weighted by molar-refractivity contribution is -0.201. The van der Waals surface area contributed by atoms with Gasteiger partial charge in [0.15, 0.2) is 12.0 Å². The van der Waals surface area contributed by atoms with E-state index >= 15 is 0 Å². The zero-order valence-electron chi connectivity index (χ0n) is 18.6. The number of hydrogen-bond donors (Lipinski definition) is 0. The molecule has 4 atom stereocenters. The number of benzene rings is 1. The summed E-state index contributed by atoms with van der Waals surface area (Å²) >= 11 is 2.87. The second kappa shape index (κ2) is 9.18. The van der Waals surface area contributed by atoms with Crippen molar-refractivity contribution in [2.24, 2.45) is 4.99 Å². The molecule has 2 aromatic rings. The molecule has 0 unspecified atom stereocenters. The lowest BCUT2D eigenvalue weighted by Gasteiger charge is -2.25. The number of aromatic nitrogens is 1. The molecule has 0 N–H and O–H groups in total. The minimum atomic E-state index is -0.802. The summed E-state index contributed by atoms with van der Waals surface area (Å²) in [5.41, 5.74) is 1.31. The number of carbonyl (C=O) groups excluding carboxylic acids is 2. The van der Waals surface area contributed by atoms with Crippen LogP contribution >= 0.6 is 23.5 Å². The Morgan fingerprint density at radius 2 is 1.84 bits per heavy atom. The molecule has 1 aromatic heterocycles. The van der Waals surface area contributed by atoms with E-state index in [1.54, 1.807) is 6.20 Å². The summed E-state index contributed by atoms with van der Waals surface area (Å²) < 4.78 is 26.3. The highest BCUT2D eigenvalue weighted by atomic mass is 32.2. The first-order valence-corrected chi connectivity index (χ1v) is 12.6. The predicted molar refractivity (Wildman–Crippen MR) is 125 cm³/mol. The number of nitrogens with zero attached hydrogens (tertiary/aromatic N) is 2. The van der Waals surface area contributed by atoms with Crippen LogP contribution in [0.3, 0.4) is 0 Å². The van der Waals surface area contributed by atoms with Crippen LogP contribution in [0.2, 0.25) is 0 Å². The van der Waals surface area contributed by atoms with Crippen LogP contribution in [0.1, 0.15) is 37.4 Å². The summed E-state index contributed by atoms with van der Waals surface area (Å²) in [6, 6.07) is 7.62. The van der Waals surface area contributed by atoms with Gasteiger partial charge in [0.25, 0.3) is 5.91 Å². The average Bonchev–Trinajstić information content (AvgIpc) is 3.39. The van der Waals surface area contributed by atoms with Crippen molar-refractivity contribution in [3.63, 3.8) is 0 Å². The number of amides is 1. The predicted octanol–water partition coefficient (Wildman–Crippen LogP) is 3.84. The van der Waals surface area contributed by atoms with Gasteiger partial charge in [-0.3, -0.25) is 9.59 Å². The lowest BCUT2D eigenvalue weighted by atomic mass is 10.1. The number of fused-ring (bicyclic) bond motifs is 2. The number of ether oxygens (including phenoxy) is 4. The van der Waals surface area contributed by atoms with Gasteiger partial charge >= 0.3 is 5.97 Å². The van der Waals surface area contributed by atoms with Crippen molar-refractivity contribution in [1.29, 1.82) is 0 Å². The molecule has 32 heavy (non-hydrogen) atoms. The minimum Gasteiger partial charge on any atom is -0.463 e. The van der Waals surface area contributed by atoms with E-state index in [4.69, 9.17) is 18.9 Å². The number of para-hydroxylation sites is 1. The van der Waals surface area contributed by atoms with Crippen molar-refractivity contribution < 1.29 is 28.5 Å². The van der Waals surface area contributed by atoms with E-state index in [1.165, 1.54) is 30.4 Å². The van der Waals surface area contributed by atoms with Crippen LogP contribution in [0.25, 0.3) is 10.9 Å². The zero-order chi connectivity index (χ0) is 23.0. The molecule has 4 rings (SSSR count). The molecule has 3 heterocycles. The summed E-state index contributed by atoms with van der Waals surface area (Å²) in [4.78, 5) is 28.6.